The lowest BCUT2D eigenvalue weighted by atomic mass is 9.99. The van der Waals surface area contributed by atoms with Crippen molar-refractivity contribution in [1.29, 1.82) is 0 Å². The van der Waals surface area contributed by atoms with Crippen molar-refractivity contribution in [2.24, 2.45) is 0 Å². The van der Waals surface area contributed by atoms with Crippen molar-refractivity contribution in [1.82, 2.24) is 25.6 Å². The molecule has 0 radical (unpaired) electrons. The van der Waals surface area contributed by atoms with Gasteiger partial charge in [-0.15, -0.1) is 0 Å². The highest BCUT2D eigenvalue weighted by atomic mass is 35.5. The quantitative estimate of drug-likeness (QED) is 0.0509. The van der Waals surface area contributed by atoms with Crippen molar-refractivity contribution < 1.29 is 60.8 Å². The van der Waals surface area contributed by atoms with Crippen LogP contribution in [0.25, 0.3) is 44.6 Å². The fraction of sp³-hybridized carbons (Fsp3) is 0.247. The SMILES string of the molecule is CCC(=O)N(C)c1ccc(-c2ccc(C(=O)Cc3cc(C)no3)cc2)cc1C.CCC(=O)N(C)c1ccc(-c2ccc(C(=O)Cc3cc(C)no3)cc2)cc1Cl.CCC(=O)N(C)c1ccc(-c2ccc(C(=O)Cc3cc(C)no3)cc2)cc1F.CCC(=O)N(C)c1ccc(-c2ccc(C(=O)Cc3cc(C)no3)cn2)cc1C. The molecule has 0 bridgehead atoms. The first-order chi connectivity index (χ1) is 53.5. The Morgan fingerprint density at radius 1 is 0.330 bits per heavy atom. The molecule has 5 aromatic heterocycles. The van der Waals surface area contributed by atoms with Crippen molar-refractivity contribution in [3.05, 3.63) is 278 Å². The Morgan fingerprint density at radius 3 is 0.911 bits per heavy atom. The van der Waals surface area contributed by atoms with Gasteiger partial charge in [0.1, 0.15) is 28.9 Å². The molecular formula is C89H89ClFN9O12. The van der Waals surface area contributed by atoms with Gasteiger partial charge in [0.25, 0.3) is 0 Å². The van der Waals surface area contributed by atoms with E-state index in [0.29, 0.717) is 87.3 Å². The normalized spacial score (nSPS) is 10.7. The van der Waals surface area contributed by atoms with Gasteiger partial charge in [0.2, 0.25) is 23.6 Å². The average molecular weight is 1530 g/mol. The number of anilines is 4. The highest BCUT2D eigenvalue weighted by molar-refractivity contribution is 6.34. The minimum absolute atomic E-state index is 0.000494. The number of nitrogens with zero attached hydrogens (tertiary/aromatic N) is 9. The van der Waals surface area contributed by atoms with E-state index in [1.807, 2.05) is 146 Å². The second kappa shape index (κ2) is 38.6. The molecule has 12 aromatic rings. The molecular weight excluding hydrogens is 1440 g/mol. The molecule has 0 atom stereocenters. The summed E-state index contributed by atoms with van der Waals surface area (Å²) in [7, 11) is 6.84. The zero-order valence-electron chi connectivity index (χ0n) is 65.2. The number of aromatic nitrogens is 5. The molecule has 23 heteroatoms. The van der Waals surface area contributed by atoms with Gasteiger partial charge in [-0.05, 0) is 147 Å². The first-order valence-electron chi connectivity index (χ1n) is 36.5. The molecule has 0 fully saturated rings. The molecule has 21 nitrogen and oxygen atoms in total. The average Bonchev–Trinajstić information content (AvgIpc) is 1.34. The number of halogens is 2. The van der Waals surface area contributed by atoms with Crippen LogP contribution in [0.1, 0.15) is 152 Å². The maximum absolute atomic E-state index is 14.5. The molecule has 4 amide bonds. The Hall–Kier alpha value is -12.7. The van der Waals surface area contributed by atoms with Crippen LogP contribution in [-0.2, 0) is 44.9 Å². The van der Waals surface area contributed by atoms with E-state index in [4.69, 9.17) is 29.7 Å². The predicted molar refractivity (Wildman–Crippen MR) is 432 cm³/mol. The van der Waals surface area contributed by atoms with E-state index >= 15 is 0 Å². The van der Waals surface area contributed by atoms with Gasteiger partial charge in [0.15, 0.2) is 23.1 Å². The van der Waals surface area contributed by atoms with E-state index in [-0.39, 0.29) is 78.1 Å². The number of aryl methyl sites for hydroxylation is 6. The number of ketones is 4. The summed E-state index contributed by atoms with van der Waals surface area (Å²) in [6.45, 7) is 18.5. The second-order valence-electron chi connectivity index (χ2n) is 26.9. The minimum Gasteiger partial charge on any atom is -0.361 e. The lowest BCUT2D eigenvalue weighted by Gasteiger charge is -2.19. The van der Waals surface area contributed by atoms with Gasteiger partial charge in [0.05, 0.1) is 70.6 Å². The summed E-state index contributed by atoms with van der Waals surface area (Å²) < 4.78 is 34.9. The number of pyridine rings is 1. The van der Waals surface area contributed by atoms with Crippen LogP contribution in [0.3, 0.4) is 0 Å². The molecule has 0 N–H and O–H groups in total. The Morgan fingerprint density at radius 2 is 0.607 bits per heavy atom. The summed E-state index contributed by atoms with van der Waals surface area (Å²) in [5.41, 5.74) is 17.1. The van der Waals surface area contributed by atoms with Crippen molar-refractivity contribution in [2.45, 2.75) is 121 Å². The number of hydrogen-bond donors (Lipinski definition) is 0. The third-order valence-corrected chi connectivity index (χ3v) is 18.8. The zero-order chi connectivity index (χ0) is 81.0. The van der Waals surface area contributed by atoms with Crippen LogP contribution in [-0.4, -0.2) is 101 Å². The van der Waals surface area contributed by atoms with Crippen molar-refractivity contribution in [3.63, 3.8) is 0 Å². The molecule has 5 heterocycles. The Balaban J connectivity index is 0.000000171. The van der Waals surface area contributed by atoms with Crippen LogP contribution in [0.15, 0.2) is 206 Å². The van der Waals surface area contributed by atoms with Crippen molar-refractivity contribution in [2.75, 3.05) is 47.8 Å². The van der Waals surface area contributed by atoms with Crippen LogP contribution >= 0.6 is 11.6 Å². The molecule has 112 heavy (non-hydrogen) atoms. The van der Waals surface area contributed by atoms with Gasteiger partial charge in [-0.3, -0.25) is 43.3 Å². The third kappa shape index (κ3) is 21.8. The van der Waals surface area contributed by atoms with Crippen molar-refractivity contribution in [3.8, 4) is 44.6 Å². The molecule has 0 spiro atoms. The Bertz CT molecular complexity index is 4690. The predicted octanol–water partition coefficient (Wildman–Crippen LogP) is 18.6. The molecule has 0 aliphatic rings. The number of carbonyl (C=O) groups is 8. The van der Waals surface area contributed by atoms with Crippen LogP contribution in [0.4, 0.5) is 27.1 Å². The van der Waals surface area contributed by atoms with E-state index in [9.17, 15) is 42.7 Å². The molecule has 12 rings (SSSR count). The van der Waals surface area contributed by atoms with Gasteiger partial charge in [-0.1, -0.05) is 157 Å². The number of hydrogen-bond acceptors (Lipinski definition) is 17. The van der Waals surface area contributed by atoms with Crippen molar-refractivity contribution >= 4 is 81.1 Å². The molecule has 576 valence electrons. The highest BCUT2D eigenvalue weighted by Crippen LogP contribution is 2.34. The molecule has 0 saturated carbocycles. The monoisotopic (exact) mass is 1530 g/mol. The van der Waals surface area contributed by atoms with Crippen LogP contribution in [0.5, 0.6) is 0 Å². The lowest BCUT2D eigenvalue weighted by molar-refractivity contribution is -0.118. The summed E-state index contributed by atoms with van der Waals surface area (Å²) in [6, 6.07) is 54.6. The highest BCUT2D eigenvalue weighted by Gasteiger charge is 2.21. The van der Waals surface area contributed by atoms with Gasteiger partial charge < -0.3 is 37.7 Å². The number of benzene rings is 7. The first-order valence-corrected chi connectivity index (χ1v) is 36.9. The van der Waals surface area contributed by atoms with Crippen LogP contribution in [0, 0.1) is 47.4 Å². The largest absolute Gasteiger partial charge is 0.361 e. The summed E-state index contributed by atoms with van der Waals surface area (Å²) in [4.78, 5) is 108. The van der Waals surface area contributed by atoms with E-state index < -0.39 is 5.82 Å². The maximum Gasteiger partial charge on any atom is 0.226 e. The number of amides is 4. The lowest BCUT2D eigenvalue weighted by Crippen LogP contribution is -2.25. The van der Waals surface area contributed by atoms with E-state index in [0.717, 1.165) is 84.4 Å². The topological polar surface area (TPSA) is 267 Å². The minimum atomic E-state index is -0.470. The fourth-order valence-corrected chi connectivity index (χ4v) is 12.4. The van der Waals surface area contributed by atoms with E-state index in [1.165, 1.54) is 11.0 Å². The number of carbonyl (C=O) groups excluding carboxylic acids is 8. The van der Waals surface area contributed by atoms with Crippen LogP contribution < -0.4 is 19.6 Å². The maximum atomic E-state index is 14.5. The van der Waals surface area contributed by atoms with E-state index in [2.05, 4.69) is 31.7 Å². The van der Waals surface area contributed by atoms with Crippen LogP contribution in [0.2, 0.25) is 5.02 Å². The molecule has 0 aliphatic heterocycles. The molecule has 0 saturated heterocycles. The number of Topliss-reactive ketones (excluding diaryl/α,β-unsaturated/α-hetero) is 4. The second-order valence-corrected chi connectivity index (χ2v) is 27.3. The number of rotatable bonds is 24. The summed E-state index contributed by atoms with van der Waals surface area (Å²) in [5, 5.41) is 15.7. The summed E-state index contributed by atoms with van der Waals surface area (Å²) in [5.74, 6) is 1.54. The third-order valence-electron chi connectivity index (χ3n) is 18.5. The fourth-order valence-electron chi connectivity index (χ4n) is 12.1. The molecule has 0 aliphatic carbocycles. The first kappa shape index (κ1) is 83.4. The molecule has 0 unspecified atom stereocenters. The Kier molecular flexibility index (Phi) is 28.7. The standard InChI is InChI=1S/C23H24N2O3.C22H21ClN2O3.C22H21FN2O3.C22H23N3O3/c1-5-23(27)25(4)21-11-10-19(12-15(21)2)17-6-8-18(9-7-17)22(26)14-20-13-16(3)24-28-20;2*1-4-22(27)25(3)20-10-9-17(12-19(20)23)15-5-7-16(8-6-15)21(26)13-18-11-14(2)24-28-18;1-5-22(27)25(4)20-9-7-16(10-14(20)2)19-8-6-17(13-23-19)21(26)12-18-11-15(3)24-28-18/h6-13H,5,14H2,1-4H3;2*5-12H,4,13H2,1-3H3;6-11,13H,5,12H2,1-4H3. The molecule has 7 aromatic carbocycles. The van der Waals surface area contributed by atoms with Gasteiger partial charge in [0, 0.05) is 124 Å². The van der Waals surface area contributed by atoms with Gasteiger partial charge >= 0.3 is 0 Å². The smallest absolute Gasteiger partial charge is 0.226 e. The summed E-state index contributed by atoms with van der Waals surface area (Å²) >= 11 is 6.38. The Labute approximate surface area is 655 Å². The van der Waals surface area contributed by atoms with Gasteiger partial charge in [-0.2, -0.15) is 0 Å². The summed E-state index contributed by atoms with van der Waals surface area (Å²) in [6.07, 6.45) is 3.91. The van der Waals surface area contributed by atoms with E-state index in [1.54, 1.807) is 142 Å². The van der Waals surface area contributed by atoms with Gasteiger partial charge in [-0.25, -0.2) is 4.39 Å². The zero-order valence-corrected chi connectivity index (χ0v) is 66.0.